The van der Waals surface area contributed by atoms with Gasteiger partial charge in [0.15, 0.2) is 6.61 Å². The molecule has 0 saturated heterocycles. The smallest absolute Gasteiger partial charge is 0.277 e. The van der Waals surface area contributed by atoms with Crippen LogP contribution >= 0.6 is 11.6 Å². The van der Waals surface area contributed by atoms with E-state index in [0.717, 1.165) is 23.4 Å². The molecule has 0 spiro atoms. The third-order valence-electron chi connectivity index (χ3n) is 3.41. The quantitative estimate of drug-likeness (QED) is 0.472. The predicted molar refractivity (Wildman–Crippen MR) is 94.7 cm³/mol. The summed E-state index contributed by atoms with van der Waals surface area (Å²) in [7, 11) is 0. The Morgan fingerprint density at radius 2 is 2.00 bits per heavy atom. The van der Waals surface area contributed by atoms with Crippen LogP contribution in [-0.2, 0) is 4.79 Å². The number of amides is 1. The van der Waals surface area contributed by atoms with Crippen molar-refractivity contribution in [1.29, 1.82) is 0 Å². The van der Waals surface area contributed by atoms with Gasteiger partial charge in [-0.25, -0.2) is 5.43 Å². The molecule has 0 unspecified atom stereocenters. The fourth-order valence-corrected chi connectivity index (χ4v) is 2.42. The van der Waals surface area contributed by atoms with Crippen molar-refractivity contribution < 1.29 is 19.6 Å². The van der Waals surface area contributed by atoms with Gasteiger partial charge < -0.3 is 9.84 Å². The van der Waals surface area contributed by atoms with Gasteiger partial charge in [0.1, 0.15) is 5.75 Å². The Bertz CT molecular complexity index is 863. The standard InChI is InChI=1S/C17H16ClN3O5/c1-10-4-3-5-11(2)17(10)26-9-15(22)20-19-8-12-6-13(18)7-14(16(12)23)21(24)25/h3-8,23H,9H2,1-2H3,(H,20,22)/p-1/b19-8-. The molecule has 1 amide bonds. The molecule has 136 valence electrons. The number of hydrogen-bond acceptors (Lipinski definition) is 6. The third-order valence-corrected chi connectivity index (χ3v) is 3.63. The molecule has 0 aliphatic rings. The number of carbonyl (C=O) groups is 1. The number of hydrazone groups is 1. The Labute approximate surface area is 154 Å². The zero-order valence-electron chi connectivity index (χ0n) is 14.0. The lowest BCUT2D eigenvalue weighted by Crippen LogP contribution is -2.25. The second-order valence-electron chi connectivity index (χ2n) is 5.40. The van der Waals surface area contributed by atoms with E-state index >= 15 is 0 Å². The number of para-hydroxylation sites is 1. The van der Waals surface area contributed by atoms with Crippen LogP contribution < -0.4 is 15.3 Å². The van der Waals surface area contributed by atoms with Crippen LogP contribution in [0.1, 0.15) is 16.7 Å². The first-order valence-corrected chi connectivity index (χ1v) is 7.83. The van der Waals surface area contributed by atoms with Crippen molar-refractivity contribution in [3.63, 3.8) is 0 Å². The van der Waals surface area contributed by atoms with Crippen LogP contribution in [0.4, 0.5) is 5.69 Å². The normalized spacial score (nSPS) is 10.7. The van der Waals surface area contributed by atoms with E-state index in [-0.39, 0.29) is 17.2 Å². The fraction of sp³-hybridized carbons (Fsp3) is 0.176. The van der Waals surface area contributed by atoms with Gasteiger partial charge in [-0.05, 0) is 42.4 Å². The topological polar surface area (TPSA) is 117 Å². The van der Waals surface area contributed by atoms with Crippen LogP contribution in [0.25, 0.3) is 0 Å². The molecule has 9 heteroatoms. The van der Waals surface area contributed by atoms with E-state index in [2.05, 4.69) is 10.5 Å². The van der Waals surface area contributed by atoms with Gasteiger partial charge in [0.25, 0.3) is 11.6 Å². The van der Waals surface area contributed by atoms with E-state index < -0.39 is 22.3 Å². The molecule has 0 aliphatic heterocycles. The maximum absolute atomic E-state index is 11.9. The number of hydrogen-bond donors (Lipinski definition) is 1. The van der Waals surface area contributed by atoms with Gasteiger partial charge in [0, 0.05) is 11.1 Å². The van der Waals surface area contributed by atoms with Crippen molar-refractivity contribution in [3.05, 3.63) is 62.2 Å². The summed E-state index contributed by atoms with van der Waals surface area (Å²) in [6.45, 7) is 3.45. The molecule has 0 saturated carbocycles. The van der Waals surface area contributed by atoms with Crippen LogP contribution in [0.5, 0.6) is 11.5 Å². The number of nitrogens with zero attached hydrogens (tertiary/aromatic N) is 2. The van der Waals surface area contributed by atoms with Gasteiger partial charge in [0.05, 0.1) is 11.1 Å². The average Bonchev–Trinajstić information content (AvgIpc) is 2.57. The SMILES string of the molecule is Cc1cccc(C)c1OCC(=O)N/N=C\c1cc(Cl)cc([N+](=O)[O-])c1[O-]. The second kappa shape index (κ2) is 8.30. The van der Waals surface area contributed by atoms with E-state index in [1.165, 1.54) is 6.07 Å². The molecular formula is C17H15ClN3O5-. The fourth-order valence-electron chi connectivity index (χ4n) is 2.20. The first-order chi connectivity index (χ1) is 12.3. The molecule has 0 radical (unpaired) electrons. The predicted octanol–water partition coefficient (Wildman–Crippen LogP) is 2.47. The van der Waals surface area contributed by atoms with Gasteiger partial charge in [0.2, 0.25) is 0 Å². The Kier molecular flexibility index (Phi) is 6.13. The van der Waals surface area contributed by atoms with Crippen molar-refractivity contribution in [2.24, 2.45) is 5.10 Å². The van der Waals surface area contributed by atoms with Crippen molar-refractivity contribution in [2.45, 2.75) is 13.8 Å². The minimum Gasteiger partial charge on any atom is -0.867 e. The highest BCUT2D eigenvalue weighted by Crippen LogP contribution is 2.29. The molecule has 2 aromatic rings. The zero-order valence-corrected chi connectivity index (χ0v) is 14.7. The molecule has 2 rings (SSSR count). The highest BCUT2D eigenvalue weighted by molar-refractivity contribution is 6.31. The molecule has 8 nitrogen and oxygen atoms in total. The van der Waals surface area contributed by atoms with Gasteiger partial charge >= 0.3 is 0 Å². The largest absolute Gasteiger partial charge is 0.867 e. The lowest BCUT2D eigenvalue weighted by Gasteiger charge is -2.11. The second-order valence-corrected chi connectivity index (χ2v) is 5.84. The molecule has 0 atom stereocenters. The van der Waals surface area contributed by atoms with Crippen LogP contribution in [0.15, 0.2) is 35.4 Å². The summed E-state index contributed by atoms with van der Waals surface area (Å²) in [4.78, 5) is 21.8. The lowest BCUT2D eigenvalue weighted by atomic mass is 10.1. The van der Waals surface area contributed by atoms with Crippen LogP contribution in [-0.4, -0.2) is 23.7 Å². The highest BCUT2D eigenvalue weighted by atomic mass is 35.5. The number of nitro benzene ring substituents is 1. The van der Waals surface area contributed by atoms with Crippen LogP contribution in [0.3, 0.4) is 0 Å². The summed E-state index contributed by atoms with van der Waals surface area (Å²) >= 11 is 5.74. The van der Waals surface area contributed by atoms with E-state index in [9.17, 15) is 20.0 Å². The first-order valence-electron chi connectivity index (χ1n) is 7.45. The number of rotatable bonds is 6. The Morgan fingerprint density at radius 3 is 2.62 bits per heavy atom. The molecule has 26 heavy (non-hydrogen) atoms. The number of ether oxygens (including phenoxy) is 1. The van der Waals surface area contributed by atoms with Gasteiger partial charge in [-0.1, -0.05) is 29.8 Å². The number of benzene rings is 2. The Morgan fingerprint density at radius 1 is 1.35 bits per heavy atom. The van der Waals surface area contributed by atoms with Gasteiger partial charge in [-0.15, -0.1) is 0 Å². The van der Waals surface area contributed by atoms with Crippen molar-refractivity contribution >= 4 is 29.4 Å². The molecule has 0 bridgehead atoms. The third kappa shape index (κ3) is 4.70. The average molecular weight is 377 g/mol. The lowest BCUT2D eigenvalue weighted by molar-refractivity contribution is -0.398. The van der Waals surface area contributed by atoms with Crippen LogP contribution in [0.2, 0.25) is 5.02 Å². The summed E-state index contributed by atoms with van der Waals surface area (Å²) in [6.07, 6.45) is 0.998. The number of carbonyl (C=O) groups excluding carboxylic acids is 1. The zero-order chi connectivity index (χ0) is 19.3. The summed E-state index contributed by atoms with van der Waals surface area (Å²) in [6, 6.07) is 7.78. The molecule has 0 fully saturated rings. The van der Waals surface area contributed by atoms with E-state index in [1.807, 2.05) is 32.0 Å². The Balaban J connectivity index is 2.00. The highest BCUT2D eigenvalue weighted by Gasteiger charge is 2.11. The molecule has 0 aromatic heterocycles. The van der Waals surface area contributed by atoms with Gasteiger partial charge in [-0.2, -0.15) is 5.10 Å². The molecule has 2 aromatic carbocycles. The number of halogens is 1. The maximum atomic E-state index is 11.9. The van der Waals surface area contributed by atoms with E-state index in [1.54, 1.807) is 0 Å². The summed E-state index contributed by atoms with van der Waals surface area (Å²) in [5, 5.41) is 26.3. The first kappa shape index (κ1) is 19.2. The molecule has 1 N–H and O–H groups in total. The van der Waals surface area contributed by atoms with Crippen molar-refractivity contribution in [2.75, 3.05) is 6.61 Å². The molecule has 0 heterocycles. The van der Waals surface area contributed by atoms with Gasteiger partial charge in [-0.3, -0.25) is 14.9 Å². The number of aryl methyl sites for hydroxylation is 2. The molecular weight excluding hydrogens is 362 g/mol. The number of nitro groups is 1. The summed E-state index contributed by atoms with van der Waals surface area (Å²) in [5.41, 5.74) is 3.20. The minimum atomic E-state index is -0.843. The minimum absolute atomic E-state index is 0.0161. The van der Waals surface area contributed by atoms with E-state index in [0.29, 0.717) is 5.75 Å². The van der Waals surface area contributed by atoms with Crippen molar-refractivity contribution in [3.8, 4) is 11.5 Å². The monoisotopic (exact) mass is 376 g/mol. The maximum Gasteiger partial charge on any atom is 0.277 e. The van der Waals surface area contributed by atoms with Crippen LogP contribution in [0, 0.1) is 24.0 Å². The summed E-state index contributed by atoms with van der Waals surface area (Å²) in [5.74, 6) is -0.781. The Hall–Kier alpha value is -3.13. The van der Waals surface area contributed by atoms with Crippen molar-refractivity contribution in [1.82, 2.24) is 5.43 Å². The number of nitrogens with one attached hydrogen (secondary N) is 1. The molecule has 0 aliphatic carbocycles. The van der Waals surface area contributed by atoms with E-state index in [4.69, 9.17) is 16.3 Å². The summed E-state index contributed by atoms with van der Waals surface area (Å²) < 4.78 is 5.47.